The Morgan fingerprint density at radius 3 is 2.88 bits per heavy atom. The van der Waals surface area contributed by atoms with Crippen molar-refractivity contribution in [2.75, 3.05) is 12.3 Å². The van der Waals surface area contributed by atoms with Gasteiger partial charge >= 0.3 is 0 Å². The Balaban J connectivity index is 2.23. The third-order valence-electron chi connectivity index (χ3n) is 1.69. The van der Waals surface area contributed by atoms with Crippen LogP contribution in [-0.2, 0) is 16.6 Å². The molecule has 0 fully saturated rings. The lowest BCUT2D eigenvalue weighted by molar-refractivity contribution is 0.543. The van der Waals surface area contributed by atoms with Crippen molar-refractivity contribution in [1.29, 1.82) is 0 Å². The molecular formula is C7H13N5O2S2. The van der Waals surface area contributed by atoms with Crippen molar-refractivity contribution in [3.05, 3.63) is 12.4 Å². The van der Waals surface area contributed by atoms with Crippen LogP contribution in [0.25, 0.3) is 0 Å². The van der Waals surface area contributed by atoms with Crippen molar-refractivity contribution in [2.24, 2.45) is 5.73 Å². The molecule has 0 atom stereocenters. The highest BCUT2D eigenvalue weighted by Gasteiger charge is 2.10. The van der Waals surface area contributed by atoms with E-state index < -0.39 is 10.0 Å². The second-order valence-electron chi connectivity index (χ2n) is 3.14. The minimum Gasteiger partial charge on any atom is -0.392 e. The molecule has 90 valence electrons. The van der Waals surface area contributed by atoms with Crippen LogP contribution in [-0.4, -0.2) is 40.7 Å². The number of nitrogens with two attached hydrogens (primary N) is 1. The molecule has 0 saturated heterocycles. The van der Waals surface area contributed by atoms with Crippen LogP contribution >= 0.6 is 12.2 Å². The summed E-state index contributed by atoms with van der Waals surface area (Å²) in [6.45, 7) is 0.931. The fourth-order valence-electron chi connectivity index (χ4n) is 1.06. The van der Waals surface area contributed by atoms with Crippen molar-refractivity contribution < 1.29 is 8.42 Å². The zero-order valence-electron chi connectivity index (χ0n) is 8.54. The predicted molar refractivity (Wildman–Crippen MR) is 63.2 cm³/mol. The van der Waals surface area contributed by atoms with Gasteiger partial charge in [0.15, 0.2) is 0 Å². The van der Waals surface area contributed by atoms with Crippen molar-refractivity contribution >= 4 is 27.2 Å². The lowest BCUT2D eigenvalue weighted by atomic mass is 10.4. The van der Waals surface area contributed by atoms with Gasteiger partial charge in [-0.1, -0.05) is 17.4 Å². The maximum Gasteiger partial charge on any atom is 0.218 e. The number of hydrogen-bond donors (Lipinski definition) is 2. The summed E-state index contributed by atoms with van der Waals surface area (Å²) in [4.78, 5) is -0.0382. The van der Waals surface area contributed by atoms with Gasteiger partial charge in [-0.05, 0) is 6.42 Å². The number of nitrogens with zero attached hydrogens (tertiary/aromatic N) is 3. The molecule has 1 aromatic rings. The lowest BCUT2D eigenvalue weighted by Crippen LogP contribution is -2.33. The van der Waals surface area contributed by atoms with Gasteiger partial charge in [0.2, 0.25) is 10.0 Å². The van der Waals surface area contributed by atoms with E-state index in [1.807, 2.05) is 0 Å². The second kappa shape index (κ2) is 5.87. The van der Waals surface area contributed by atoms with Crippen LogP contribution in [0.3, 0.4) is 0 Å². The third kappa shape index (κ3) is 5.14. The summed E-state index contributed by atoms with van der Waals surface area (Å²) >= 11 is 4.52. The maximum atomic E-state index is 11.3. The minimum absolute atomic E-state index is 0.0382. The molecule has 0 bridgehead atoms. The van der Waals surface area contributed by atoms with Gasteiger partial charge in [-0.3, -0.25) is 4.68 Å². The van der Waals surface area contributed by atoms with Crippen LogP contribution in [0, 0.1) is 0 Å². The molecule has 0 spiro atoms. The summed E-state index contributed by atoms with van der Waals surface area (Å²) < 4.78 is 26.6. The molecule has 1 aromatic heterocycles. The van der Waals surface area contributed by atoms with E-state index in [0.29, 0.717) is 19.5 Å². The molecule has 0 aliphatic heterocycles. The Morgan fingerprint density at radius 1 is 1.56 bits per heavy atom. The monoisotopic (exact) mass is 263 g/mol. The molecule has 0 aliphatic rings. The average molecular weight is 263 g/mol. The first-order chi connectivity index (χ1) is 7.49. The summed E-state index contributed by atoms with van der Waals surface area (Å²) in [7, 11) is -3.38. The van der Waals surface area contributed by atoms with Crippen LogP contribution in [0.1, 0.15) is 6.42 Å². The van der Waals surface area contributed by atoms with Crippen LogP contribution in [0.15, 0.2) is 12.4 Å². The van der Waals surface area contributed by atoms with Gasteiger partial charge in [-0.15, -0.1) is 5.10 Å². The van der Waals surface area contributed by atoms with Crippen molar-refractivity contribution in [2.45, 2.75) is 13.0 Å². The van der Waals surface area contributed by atoms with E-state index >= 15 is 0 Å². The summed E-state index contributed by atoms with van der Waals surface area (Å²) in [5.74, 6) is -0.314. The second-order valence-corrected chi connectivity index (χ2v) is 5.47. The SMILES string of the molecule is NC(=S)CS(=O)(=O)NCCCn1ccnn1. The van der Waals surface area contributed by atoms with Crippen molar-refractivity contribution in [3.63, 3.8) is 0 Å². The normalized spacial score (nSPS) is 11.5. The van der Waals surface area contributed by atoms with Gasteiger partial charge in [0.05, 0.1) is 11.2 Å². The molecule has 0 aliphatic carbocycles. The Morgan fingerprint density at radius 2 is 2.31 bits per heavy atom. The molecule has 7 nitrogen and oxygen atoms in total. The summed E-state index contributed by atoms with van der Waals surface area (Å²) in [5.41, 5.74) is 5.15. The molecule has 16 heavy (non-hydrogen) atoms. The Bertz CT molecular complexity index is 428. The molecule has 1 rings (SSSR count). The van der Waals surface area contributed by atoms with E-state index in [9.17, 15) is 8.42 Å². The van der Waals surface area contributed by atoms with Gasteiger partial charge in [0.1, 0.15) is 5.75 Å². The molecule has 0 aromatic carbocycles. The smallest absolute Gasteiger partial charge is 0.218 e. The molecule has 1 heterocycles. The van der Waals surface area contributed by atoms with E-state index in [4.69, 9.17) is 5.73 Å². The predicted octanol–water partition coefficient (Wildman–Crippen LogP) is -1.13. The van der Waals surface area contributed by atoms with E-state index in [2.05, 4.69) is 27.3 Å². The topological polar surface area (TPSA) is 103 Å². The van der Waals surface area contributed by atoms with Crippen LogP contribution in [0.2, 0.25) is 0 Å². The minimum atomic E-state index is -3.38. The van der Waals surface area contributed by atoms with Crippen LogP contribution in [0.5, 0.6) is 0 Å². The van der Waals surface area contributed by atoms with E-state index in [-0.39, 0.29) is 10.7 Å². The third-order valence-corrected chi connectivity index (χ3v) is 3.35. The highest BCUT2D eigenvalue weighted by Crippen LogP contribution is 1.89. The van der Waals surface area contributed by atoms with Gasteiger partial charge in [0.25, 0.3) is 0 Å². The number of thiocarbonyl (C=S) groups is 1. The molecule has 9 heteroatoms. The van der Waals surface area contributed by atoms with E-state index in [0.717, 1.165) is 0 Å². The first-order valence-corrected chi connectivity index (χ1v) is 6.65. The summed E-state index contributed by atoms with van der Waals surface area (Å²) in [6, 6.07) is 0. The molecule has 0 amide bonds. The number of rotatable bonds is 7. The fourth-order valence-corrected chi connectivity index (χ4v) is 2.46. The first-order valence-electron chi connectivity index (χ1n) is 4.59. The zero-order valence-corrected chi connectivity index (χ0v) is 10.2. The summed E-state index contributed by atoms with van der Waals surface area (Å²) in [5, 5.41) is 7.38. The van der Waals surface area contributed by atoms with Gasteiger partial charge in [-0.25, -0.2) is 13.1 Å². The fraction of sp³-hybridized carbons (Fsp3) is 0.571. The van der Waals surface area contributed by atoms with Crippen LogP contribution in [0.4, 0.5) is 0 Å². The van der Waals surface area contributed by atoms with Crippen LogP contribution < -0.4 is 10.5 Å². The summed E-state index contributed by atoms with van der Waals surface area (Å²) in [6.07, 6.45) is 3.90. The average Bonchev–Trinajstić information content (AvgIpc) is 2.62. The number of aryl methyl sites for hydroxylation is 1. The van der Waals surface area contributed by atoms with E-state index in [1.54, 1.807) is 17.1 Å². The number of hydrogen-bond acceptors (Lipinski definition) is 5. The highest BCUT2D eigenvalue weighted by molar-refractivity contribution is 7.92. The maximum absolute atomic E-state index is 11.3. The van der Waals surface area contributed by atoms with Gasteiger partial charge < -0.3 is 5.73 Å². The molecule has 3 N–H and O–H groups in total. The molecule has 0 unspecified atom stereocenters. The molecule has 0 saturated carbocycles. The van der Waals surface area contributed by atoms with Gasteiger partial charge in [0, 0.05) is 19.3 Å². The first kappa shape index (κ1) is 13.0. The standard InChI is InChI=1S/C7H13N5O2S2/c8-7(15)6-16(13,14)10-2-1-4-12-5-3-9-11-12/h3,5,10H,1-2,4,6H2,(H2,8,15). The number of sulfonamides is 1. The molecule has 0 radical (unpaired) electrons. The van der Waals surface area contributed by atoms with E-state index in [1.165, 1.54) is 0 Å². The Labute approximate surface area is 99.1 Å². The van der Waals surface area contributed by atoms with Crippen molar-refractivity contribution in [1.82, 2.24) is 19.7 Å². The number of aromatic nitrogens is 3. The van der Waals surface area contributed by atoms with Crippen molar-refractivity contribution in [3.8, 4) is 0 Å². The zero-order chi connectivity index (χ0) is 12.0. The highest BCUT2D eigenvalue weighted by atomic mass is 32.2. The largest absolute Gasteiger partial charge is 0.392 e. The molecular weight excluding hydrogens is 250 g/mol. The lowest BCUT2D eigenvalue weighted by Gasteiger charge is -2.05. The number of nitrogens with one attached hydrogen (secondary N) is 1. The Hall–Kier alpha value is -1.06. The Kier molecular flexibility index (Phi) is 4.77. The van der Waals surface area contributed by atoms with Gasteiger partial charge in [-0.2, -0.15) is 0 Å². The quantitative estimate of drug-likeness (QED) is 0.477.